The number of carbonyl (C=O) groups excluding carboxylic acids is 1. The van der Waals surface area contributed by atoms with Crippen molar-refractivity contribution in [2.24, 2.45) is 28.1 Å². The zero-order valence-corrected chi connectivity index (χ0v) is 10.2. The van der Waals surface area contributed by atoms with Gasteiger partial charge in [0.25, 0.3) is 0 Å². The average molecular weight is 227 g/mol. The van der Waals surface area contributed by atoms with Gasteiger partial charge in [-0.1, -0.05) is 25.9 Å². The van der Waals surface area contributed by atoms with Crippen molar-refractivity contribution in [3.8, 4) is 0 Å². The molecule has 1 fully saturated rings. The number of hydrogen-bond acceptors (Lipinski definition) is 3. The number of amidine groups is 1. The lowest BCUT2D eigenvalue weighted by Crippen LogP contribution is -2.43. The molecule has 16 heavy (non-hydrogen) atoms. The first kappa shape index (κ1) is 12.8. The van der Waals surface area contributed by atoms with E-state index < -0.39 is 5.92 Å². The second-order valence-electron chi connectivity index (χ2n) is 5.28. The highest BCUT2D eigenvalue weighted by Crippen LogP contribution is 2.44. The van der Waals surface area contributed by atoms with Crippen molar-refractivity contribution in [2.75, 3.05) is 6.54 Å². The van der Waals surface area contributed by atoms with E-state index in [0.29, 0.717) is 6.54 Å². The number of nitrogens with two attached hydrogens (primary N) is 1. The van der Waals surface area contributed by atoms with Gasteiger partial charge in [-0.2, -0.15) is 0 Å². The fourth-order valence-corrected chi connectivity index (χ4v) is 1.64. The molecule has 0 aromatic heterocycles. The van der Waals surface area contributed by atoms with Gasteiger partial charge in [-0.3, -0.25) is 4.79 Å². The molecular weight excluding hydrogens is 206 g/mol. The molecule has 92 valence electrons. The van der Waals surface area contributed by atoms with Crippen LogP contribution in [0.1, 0.15) is 33.6 Å². The summed E-state index contributed by atoms with van der Waals surface area (Å²) >= 11 is 0. The normalized spacial score (nSPS) is 20.6. The van der Waals surface area contributed by atoms with Crippen LogP contribution >= 0.6 is 0 Å². The van der Waals surface area contributed by atoms with E-state index in [4.69, 9.17) is 10.9 Å². The van der Waals surface area contributed by atoms with Gasteiger partial charge in [0.1, 0.15) is 5.92 Å². The van der Waals surface area contributed by atoms with Crippen LogP contribution in [0.3, 0.4) is 0 Å². The third-order valence-corrected chi connectivity index (χ3v) is 3.18. The van der Waals surface area contributed by atoms with Crippen molar-refractivity contribution in [1.82, 2.24) is 5.32 Å². The first-order chi connectivity index (χ1) is 7.39. The maximum Gasteiger partial charge on any atom is 0.231 e. The monoisotopic (exact) mass is 227 g/mol. The molecule has 5 nitrogen and oxygen atoms in total. The third-order valence-electron chi connectivity index (χ3n) is 3.18. The van der Waals surface area contributed by atoms with Gasteiger partial charge in [0.2, 0.25) is 5.91 Å². The van der Waals surface area contributed by atoms with Crippen LogP contribution in [0, 0.1) is 17.3 Å². The van der Waals surface area contributed by atoms with Crippen LogP contribution in [0.2, 0.25) is 0 Å². The molecule has 0 aromatic carbocycles. The van der Waals surface area contributed by atoms with Gasteiger partial charge in [-0.05, 0) is 24.2 Å². The quantitative estimate of drug-likeness (QED) is 0.282. The fourth-order valence-electron chi connectivity index (χ4n) is 1.64. The number of carbonyl (C=O) groups is 1. The predicted octanol–water partition coefficient (Wildman–Crippen LogP) is 0.921. The number of oxime groups is 1. The van der Waals surface area contributed by atoms with E-state index in [-0.39, 0.29) is 23.1 Å². The van der Waals surface area contributed by atoms with E-state index in [0.717, 1.165) is 12.8 Å². The standard InChI is InChI=1S/C11H21N3O2/c1-7(2)8(9(12)14-16)10(15)13-6-11(3)4-5-11/h7-8,16H,4-6H2,1-3H3,(H2,12,14)(H,13,15). The molecule has 1 aliphatic carbocycles. The number of rotatable bonds is 5. The Morgan fingerprint density at radius 3 is 2.50 bits per heavy atom. The molecule has 5 heteroatoms. The third kappa shape index (κ3) is 3.12. The summed E-state index contributed by atoms with van der Waals surface area (Å²) in [6.07, 6.45) is 2.31. The van der Waals surface area contributed by atoms with Gasteiger partial charge in [-0.15, -0.1) is 0 Å². The maximum absolute atomic E-state index is 11.9. The summed E-state index contributed by atoms with van der Waals surface area (Å²) < 4.78 is 0. The fraction of sp³-hybridized carbons (Fsp3) is 0.818. The number of nitrogens with zero attached hydrogens (tertiary/aromatic N) is 1. The van der Waals surface area contributed by atoms with Crippen LogP contribution in [0.15, 0.2) is 5.16 Å². The summed E-state index contributed by atoms with van der Waals surface area (Å²) in [6, 6.07) is 0. The van der Waals surface area contributed by atoms with E-state index in [1.807, 2.05) is 13.8 Å². The minimum atomic E-state index is -0.549. The van der Waals surface area contributed by atoms with Crippen molar-refractivity contribution >= 4 is 11.7 Å². The molecule has 0 heterocycles. The highest BCUT2D eigenvalue weighted by Gasteiger charge is 2.38. The minimum Gasteiger partial charge on any atom is -0.409 e. The van der Waals surface area contributed by atoms with Crippen molar-refractivity contribution in [3.63, 3.8) is 0 Å². The lowest BCUT2D eigenvalue weighted by atomic mass is 9.93. The van der Waals surface area contributed by atoms with Crippen LogP contribution in [-0.4, -0.2) is 23.5 Å². The molecule has 0 aliphatic heterocycles. The van der Waals surface area contributed by atoms with Crippen LogP contribution in [-0.2, 0) is 4.79 Å². The van der Waals surface area contributed by atoms with E-state index >= 15 is 0 Å². The van der Waals surface area contributed by atoms with Crippen LogP contribution < -0.4 is 11.1 Å². The first-order valence-corrected chi connectivity index (χ1v) is 5.65. The summed E-state index contributed by atoms with van der Waals surface area (Å²) in [5.41, 5.74) is 5.78. The summed E-state index contributed by atoms with van der Waals surface area (Å²) in [5, 5.41) is 14.4. The van der Waals surface area contributed by atoms with Gasteiger partial charge < -0.3 is 16.3 Å². The van der Waals surface area contributed by atoms with E-state index in [9.17, 15) is 4.79 Å². The number of nitrogens with one attached hydrogen (secondary N) is 1. The number of amides is 1. The zero-order valence-electron chi connectivity index (χ0n) is 10.2. The Morgan fingerprint density at radius 1 is 1.56 bits per heavy atom. The SMILES string of the molecule is CC(C)C(C(=O)NCC1(C)CC1)C(N)=NO. The lowest BCUT2D eigenvalue weighted by Gasteiger charge is -2.20. The molecule has 1 atom stereocenters. The van der Waals surface area contributed by atoms with Crippen molar-refractivity contribution < 1.29 is 10.0 Å². The van der Waals surface area contributed by atoms with Crippen LogP contribution in [0.4, 0.5) is 0 Å². The molecular formula is C11H21N3O2. The molecule has 0 saturated heterocycles. The Hall–Kier alpha value is -1.26. The highest BCUT2D eigenvalue weighted by molar-refractivity contribution is 6.02. The second kappa shape index (κ2) is 4.72. The Kier molecular flexibility index (Phi) is 3.78. The first-order valence-electron chi connectivity index (χ1n) is 5.65. The van der Waals surface area contributed by atoms with Gasteiger partial charge >= 0.3 is 0 Å². The summed E-state index contributed by atoms with van der Waals surface area (Å²) in [4.78, 5) is 11.9. The molecule has 1 unspecified atom stereocenters. The summed E-state index contributed by atoms with van der Waals surface area (Å²) in [5.74, 6) is -0.706. The number of hydrogen-bond donors (Lipinski definition) is 3. The Morgan fingerprint density at radius 2 is 2.12 bits per heavy atom. The Labute approximate surface area is 96.1 Å². The summed E-state index contributed by atoms with van der Waals surface area (Å²) in [7, 11) is 0. The molecule has 1 saturated carbocycles. The largest absolute Gasteiger partial charge is 0.409 e. The molecule has 0 spiro atoms. The van der Waals surface area contributed by atoms with E-state index in [2.05, 4.69) is 17.4 Å². The predicted molar refractivity (Wildman–Crippen MR) is 62.1 cm³/mol. The van der Waals surface area contributed by atoms with Gasteiger partial charge in [0.05, 0.1) is 0 Å². The van der Waals surface area contributed by atoms with E-state index in [1.54, 1.807) is 0 Å². The van der Waals surface area contributed by atoms with Crippen molar-refractivity contribution in [3.05, 3.63) is 0 Å². The van der Waals surface area contributed by atoms with Crippen LogP contribution in [0.5, 0.6) is 0 Å². The maximum atomic E-state index is 11.9. The molecule has 0 bridgehead atoms. The van der Waals surface area contributed by atoms with Crippen LogP contribution in [0.25, 0.3) is 0 Å². The molecule has 1 aliphatic rings. The molecule has 4 N–H and O–H groups in total. The molecule has 0 radical (unpaired) electrons. The second-order valence-corrected chi connectivity index (χ2v) is 5.28. The Balaban J connectivity index is 2.54. The van der Waals surface area contributed by atoms with Gasteiger partial charge in [0, 0.05) is 6.54 Å². The topological polar surface area (TPSA) is 87.7 Å². The minimum absolute atomic E-state index is 0.0166. The van der Waals surface area contributed by atoms with Crippen molar-refractivity contribution in [1.29, 1.82) is 0 Å². The van der Waals surface area contributed by atoms with E-state index in [1.165, 1.54) is 0 Å². The molecule has 1 rings (SSSR count). The smallest absolute Gasteiger partial charge is 0.231 e. The molecule has 1 amide bonds. The lowest BCUT2D eigenvalue weighted by molar-refractivity contribution is -0.124. The van der Waals surface area contributed by atoms with Crippen molar-refractivity contribution in [2.45, 2.75) is 33.6 Å². The van der Waals surface area contributed by atoms with Gasteiger partial charge in [0.15, 0.2) is 5.84 Å². The average Bonchev–Trinajstić information content (AvgIpc) is 2.94. The van der Waals surface area contributed by atoms with Gasteiger partial charge in [-0.25, -0.2) is 0 Å². The highest BCUT2D eigenvalue weighted by atomic mass is 16.4. The zero-order chi connectivity index (χ0) is 12.3. The summed E-state index contributed by atoms with van der Waals surface area (Å²) in [6.45, 7) is 6.57. The Bertz CT molecular complexity index is 296. The molecule has 0 aromatic rings.